The minimum Gasteiger partial charge on any atom is -0.300 e. The zero-order chi connectivity index (χ0) is 19.9. The zero-order valence-electron chi connectivity index (χ0n) is 17.8. The van der Waals surface area contributed by atoms with Gasteiger partial charge in [-0.3, -0.25) is 4.79 Å². The Balaban J connectivity index is 1.54. The highest BCUT2D eigenvalue weighted by Crippen LogP contribution is 2.41. The summed E-state index contributed by atoms with van der Waals surface area (Å²) in [6.07, 6.45) is 2.29. The number of benzene rings is 1. The van der Waals surface area contributed by atoms with Crippen LogP contribution >= 0.6 is 0 Å². The summed E-state index contributed by atoms with van der Waals surface area (Å²) in [7, 11) is 0. The highest BCUT2D eigenvalue weighted by Gasteiger charge is 2.51. The molecular formula is C23H34N4O. The molecule has 1 aromatic rings. The number of amides is 1. The topological polar surface area (TPSA) is 47.9 Å². The number of hydrogen-bond acceptors (Lipinski definition) is 4. The molecule has 4 aliphatic rings. The lowest BCUT2D eigenvalue weighted by Gasteiger charge is -2.50. The maximum Gasteiger partial charge on any atom is 0.271 e. The fourth-order valence-corrected chi connectivity index (χ4v) is 5.38. The number of nitrogens with zero attached hydrogens (tertiary/aromatic N) is 3. The normalized spacial score (nSPS) is 33.1. The average Bonchev–Trinajstić information content (AvgIpc) is 2.88. The summed E-state index contributed by atoms with van der Waals surface area (Å²) in [4.78, 5) is 18.0. The summed E-state index contributed by atoms with van der Waals surface area (Å²) in [5.41, 5.74) is 6.25. The predicted molar refractivity (Wildman–Crippen MR) is 114 cm³/mol. The van der Waals surface area contributed by atoms with Crippen LogP contribution in [0.15, 0.2) is 29.4 Å². The Kier molecular flexibility index (Phi) is 5.09. The van der Waals surface area contributed by atoms with Crippen LogP contribution in [-0.2, 0) is 5.41 Å². The number of nitrogens with one attached hydrogen (secondary N) is 1. The third-order valence-corrected chi connectivity index (χ3v) is 6.69. The number of fused-ring (bicyclic) bond motifs is 1. The molecule has 28 heavy (non-hydrogen) atoms. The second-order valence-electron chi connectivity index (χ2n) is 9.96. The first-order valence-corrected chi connectivity index (χ1v) is 10.7. The molecule has 4 aliphatic heterocycles. The Labute approximate surface area is 169 Å². The smallest absolute Gasteiger partial charge is 0.271 e. The molecule has 0 saturated carbocycles. The first-order chi connectivity index (χ1) is 13.3. The molecule has 1 amide bonds. The van der Waals surface area contributed by atoms with E-state index in [1.165, 1.54) is 24.4 Å². The first-order valence-electron chi connectivity index (χ1n) is 10.7. The lowest BCUT2D eigenvalue weighted by molar-refractivity contribution is 0.0940. The van der Waals surface area contributed by atoms with Gasteiger partial charge in [-0.25, -0.2) is 5.43 Å². The van der Waals surface area contributed by atoms with Crippen molar-refractivity contribution in [3.05, 3.63) is 35.4 Å². The van der Waals surface area contributed by atoms with Crippen molar-refractivity contribution >= 4 is 11.6 Å². The molecule has 5 heteroatoms. The van der Waals surface area contributed by atoms with Crippen LogP contribution in [0.2, 0.25) is 0 Å². The number of piperidine rings is 2. The van der Waals surface area contributed by atoms with E-state index in [1.807, 2.05) is 24.3 Å². The van der Waals surface area contributed by atoms with E-state index >= 15 is 0 Å². The third-order valence-electron chi connectivity index (χ3n) is 6.69. The highest BCUT2D eigenvalue weighted by atomic mass is 16.2. The molecular weight excluding hydrogens is 348 g/mol. The van der Waals surface area contributed by atoms with Crippen LogP contribution in [0.3, 0.4) is 0 Å². The molecule has 152 valence electrons. The Morgan fingerprint density at radius 2 is 1.75 bits per heavy atom. The molecule has 5 rings (SSSR count). The molecule has 1 aromatic carbocycles. The molecule has 4 fully saturated rings. The van der Waals surface area contributed by atoms with Crippen LogP contribution in [0.1, 0.15) is 56.5 Å². The second-order valence-corrected chi connectivity index (χ2v) is 9.96. The van der Waals surface area contributed by atoms with E-state index in [1.54, 1.807) is 0 Å². The molecule has 0 aliphatic carbocycles. The summed E-state index contributed by atoms with van der Waals surface area (Å²) in [6, 6.07) is 7.93. The van der Waals surface area contributed by atoms with E-state index in [2.05, 4.69) is 42.9 Å². The molecule has 2 unspecified atom stereocenters. The lowest BCUT2D eigenvalue weighted by Crippen LogP contribution is -2.61. The standard InChI is InChI=1S/C23H34N4O/c1-5-10-23-15-26-11-12-27(16-23)14-18(13-26)20(23)24-25-21(28)17-6-8-19(9-7-17)22(2,3)4/h6-9,18H,5,10-16H2,1-4H3,(H,25,28). The maximum atomic E-state index is 12.7. The van der Waals surface area contributed by atoms with E-state index in [0.29, 0.717) is 11.5 Å². The van der Waals surface area contributed by atoms with Crippen molar-refractivity contribution in [1.29, 1.82) is 0 Å². The van der Waals surface area contributed by atoms with Gasteiger partial charge < -0.3 is 9.80 Å². The molecule has 5 nitrogen and oxygen atoms in total. The average molecular weight is 383 g/mol. The van der Waals surface area contributed by atoms with Crippen molar-refractivity contribution in [3.63, 3.8) is 0 Å². The Morgan fingerprint density at radius 1 is 1.14 bits per heavy atom. The second kappa shape index (κ2) is 7.27. The molecule has 1 N–H and O–H groups in total. The van der Waals surface area contributed by atoms with Gasteiger partial charge in [0.15, 0.2) is 0 Å². The van der Waals surface area contributed by atoms with Crippen LogP contribution in [0.5, 0.6) is 0 Å². The molecule has 4 bridgehead atoms. The quantitative estimate of drug-likeness (QED) is 0.814. The molecule has 0 spiro atoms. The van der Waals surface area contributed by atoms with Gasteiger partial charge in [0, 0.05) is 56.2 Å². The number of carbonyl (C=O) groups is 1. The van der Waals surface area contributed by atoms with Crippen LogP contribution in [0.4, 0.5) is 0 Å². The summed E-state index contributed by atoms with van der Waals surface area (Å²) in [5, 5.41) is 4.77. The molecule has 2 atom stereocenters. The van der Waals surface area contributed by atoms with Crippen LogP contribution in [0, 0.1) is 11.3 Å². The van der Waals surface area contributed by atoms with E-state index in [-0.39, 0.29) is 16.7 Å². The predicted octanol–water partition coefficient (Wildman–Crippen LogP) is 3.12. The number of carbonyl (C=O) groups excluding carboxylic acids is 1. The SMILES string of the molecule is CCCC12CN3CCN(CC(C3)C1=NNC(=O)c1ccc(C(C)(C)C)cc1)C2. The summed E-state index contributed by atoms with van der Waals surface area (Å²) in [5.74, 6) is 0.340. The van der Waals surface area contributed by atoms with Crippen molar-refractivity contribution in [3.8, 4) is 0 Å². The summed E-state index contributed by atoms with van der Waals surface area (Å²) in [6.45, 7) is 15.5. The number of hydrogen-bond donors (Lipinski definition) is 1. The van der Waals surface area contributed by atoms with E-state index < -0.39 is 0 Å². The zero-order valence-corrected chi connectivity index (χ0v) is 17.8. The van der Waals surface area contributed by atoms with Gasteiger partial charge in [0.25, 0.3) is 5.91 Å². The minimum atomic E-state index is -0.105. The van der Waals surface area contributed by atoms with Crippen molar-refractivity contribution in [2.24, 2.45) is 16.4 Å². The largest absolute Gasteiger partial charge is 0.300 e. The molecule has 0 aromatic heterocycles. The monoisotopic (exact) mass is 382 g/mol. The van der Waals surface area contributed by atoms with E-state index in [9.17, 15) is 4.79 Å². The Morgan fingerprint density at radius 3 is 2.29 bits per heavy atom. The Bertz CT molecular complexity index is 746. The van der Waals surface area contributed by atoms with Gasteiger partial charge in [-0.2, -0.15) is 5.10 Å². The molecule has 4 saturated heterocycles. The summed E-state index contributed by atoms with van der Waals surface area (Å²) < 4.78 is 0. The van der Waals surface area contributed by atoms with Gasteiger partial charge in [-0.1, -0.05) is 46.2 Å². The fraction of sp³-hybridized carbons (Fsp3) is 0.652. The number of rotatable bonds is 4. The highest BCUT2D eigenvalue weighted by molar-refractivity contribution is 5.98. The van der Waals surface area contributed by atoms with Crippen LogP contribution in [0.25, 0.3) is 0 Å². The number of hydrazone groups is 1. The third kappa shape index (κ3) is 3.62. The van der Waals surface area contributed by atoms with Gasteiger partial charge in [-0.05, 0) is 29.5 Å². The van der Waals surface area contributed by atoms with Gasteiger partial charge in [0.1, 0.15) is 0 Å². The van der Waals surface area contributed by atoms with Gasteiger partial charge in [0.05, 0.1) is 5.71 Å². The van der Waals surface area contributed by atoms with Crippen molar-refractivity contribution in [2.75, 3.05) is 39.3 Å². The van der Waals surface area contributed by atoms with Crippen molar-refractivity contribution in [1.82, 2.24) is 15.2 Å². The van der Waals surface area contributed by atoms with Gasteiger partial charge >= 0.3 is 0 Å². The van der Waals surface area contributed by atoms with Crippen LogP contribution < -0.4 is 5.43 Å². The van der Waals surface area contributed by atoms with Crippen molar-refractivity contribution in [2.45, 2.75) is 46.0 Å². The maximum absolute atomic E-state index is 12.7. The summed E-state index contributed by atoms with van der Waals surface area (Å²) >= 11 is 0. The van der Waals surface area contributed by atoms with Crippen molar-refractivity contribution < 1.29 is 4.79 Å². The van der Waals surface area contributed by atoms with Gasteiger partial charge in [0.2, 0.25) is 0 Å². The van der Waals surface area contributed by atoms with E-state index in [0.717, 1.165) is 39.0 Å². The van der Waals surface area contributed by atoms with Gasteiger partial charge in [-0.15, -0.1) is 0 Å². The van der Waals surface area contributed by atoms with Crippen LogP contribution in [-0.4, -0.2) is 60.7 Å². The molecule has 0 radical (unpaired) electrons. The minimum absolute atomic E-state index is 0.0886. The fourth-order valence-electron chi connectivity index (χ4n) is 5.38. The van der Waals surface area contributed by atoms with E-state index in [4.69, 9.17) is 5.10 Å². The Hall–Kier alpha value is -1.72. The first kappa shape index (κ1) is 19.6. The molecule has 4 heterocycles. The lowest BCUT2D eigenvalue weighted by atomic mass is 9.68.